The maximum absolute atomic E-state index is 13.8. The number of carbonyl (C=O) groups excluding carboxylic acids is 2. The van der Waals surface area contributed by atoms with Crippen LogP contribution in [0.15, 0.2) is 78.5 Å². The number of rotatable bonds is 4. The van der Waals surface area contributed by atoms with Gasteiger partial charge >= 0.3 is 0 Å². The summed E-state index contributed by atoms with van der Waals surface area (Å²) in [5, 5.41) is 0. The Kier molecular flexibility index (Phi) is 4.91. The lowest BCUT2D eigenvalue weighted by atomic mass is 10.0. The molecule has 3 aromatic carbocycles. The molecule has 1 aliphatic heterocycles. The van der Waals surface area contributed by atoms with Crippen LogP contribution in [0.4, 0.5) is 20.2 Å². The summed E-state index contributed by atoms with van der Waals surface area (Å²) >= 11 is 0. The Morgan fingerprint density at radius 2 is 1.47 bits per heavy atom. The molecule has 0 aliphatic carbocycles. The molecular formula is C24H18F2N2O2. The van der Waals surface area contributed by atoms with Gasteiger partial charge < -0.3 is 4.90 Å². The largest absolute Gasteiger partial charge is 0.339 e. The highest BCUT2D eigenvalue weighted by molar-refractivity contribution is 6.46. The van der Waals surface area contributed by atoms with Crippen LogP contribution >= 0.6 is 0 Å². The number of hydrogen-bond acceptors (Lipinski definition) is 3. The molecule has 0 spiro atoms. The Morgan fingerprint density at radius 1 is 0.800 bits per heavy atom. The molecule has 0 aromatic heterocycles. The SMILES string of the molecule is Cc1ccc(C2=C(N(C)c3ccccc3)C(=O)N(c3ccc(F)c(F)c3)C2=O)cc1. The van der Waals surface area contributed by atoms with Crippen LogP contribution < -0.4 is 9.80 Å². The number of carbonyl (C=O) groups is 2. The summed E-state index contributed by atoms with van der Waals surface area (Å²) in [6, 6.07) is 19.3. The summed E-state index contributed by atoms with van der Waals surface area (Å²) in [6.45, 7) is 1.92. The Labute approximate surface area is 172 Å². The number of amides is 2. The van der Waals surface area contributed by atoms with Crippen LogP contribution in [0.3, 0.4) is 0 Å². The topological polar surface area (TPSA) is 40.6 Å². The molecule has 2 amide bonds. The summed E-state index contributed by atoms with van der Waals surface area (Å²) in [7, 11) is 1.69. The smallest absolute Gasteiger partial charge is 0.282 e. The first kappa shape index (κ1) is 19.5. The zero-order valence-corrected chi connectivity index (χ0v) is 16.4. The molecule has 0 fully saturated rings. The molecular weight excluding hydrogens is 386 g/mol. The van der Waals surface area contributed by atoms with E-state index in [-0.39, 0.29) is 17.0 Å². The lowest BCUT2D eigenvalue weighted by Crippen LogP contribution is -2.34. The third kappa shape index (κ3) is 3.26. The van der Waals surface area contributed by atoms with Gasteiger partial charge in [-0.2, -0.15) is 0 Å². The van der Waals surface area contributed by atoms with Crippen LogP contribution in [0.2, 0.25) is 0 Å². The van der Waals surface area contributed by atoms with Crippen LogP contribution in [0, 0.1) is 18.6 Å². The van der Waals surface area contributed by atoms with Gasteiger partial charge in [0, 0.05) is 18.8 Å². The molecule has 150 valence electrons. The van der Waals surface area contributed by atoms with Crippen molar-refractivity contribution in [2.24, 2.45) is 0 Å². The predicted molar refractivity (Wildman–Crippen MR) is 112 cm³/mol. The molecule has 0 atom stereocenters. The van der Waals surface area contributed by atoms with E-state index in [1.54, 1.807) is 24.1 Å². The molecule has 4 nitrogen and oxygen atoms in total. The first-order valence-electron chi connectivity index (χ1n) is 9.32. The van der Waals surface area contributed by atoms with Gasteiger partial charge in [0.1, 0.15) is 5.70 Å². The van der Waals surface area contributed by atoms with Gasteiger partial charge in [0.05, 0.1) is 11.3 Å². The molecule has 0 saturated carbocycles. The van der Waals surface area contributed by atoms with E-state index in [4.69, 9.17) is 0 Å². The highest BCUT2D eigenvalue weighted by Crippen LogP contribution is 2.36. The fourth-order valence-corrected chi connectivity index (χ4v) is 3.45. The summed E-state index contributed by atoms with van der Waals surface area (Å²) in [5.41, 5.74) is 2.64. The Balaban J connectivity index is 1.88. The van der Waals surface area contributed by atoms with Crippen molar-refractivity contribution in [1.29, 1.82) is 0 Å². The second kappa shape index (κ2) is 7.55. The maximum Gasteiger partial charge on any atom is 0.282 e. The summed E-state index contributed by atoms with van der Waals surface area (Å²) in [6.07, 6.45) is 0. The second-order valence-corrected chi connectivity index (χ2v) is 7.03. The second-order valence-electron chi connectivity index (χ2n) is 7.03. The third-order valence-electron chi connectivity index (χ3n) is 5.04. The maximum atomic E-state index is 13.8. The van der Waals surface area contributed by atoms with Gasteiger partial charge in [0.15, 0.2) is 11.6 Å². The normalized spacial score (nSPS) is 13.9. The minimum absolute atomic E-state index is 0.0232. The van der Waals surface area contributed by atoms with Crippen molar-refractivity contribution in [1.82, 2.24) is 0 Å². The fourth-order valence-electron chi connectivity index (χ4n) is 3.45. The molecule has 0 bridgehead atoms. The number of halogens is 2. The standard InChI is InChI=1S/C24H18F2N2O2/c1-15-8-10-16(11-9-15)21-22(27(2)17-6-4-3-5-7-17)24(30)28(23(21)29)18-12-13-19(25)20(26)14-18/h3-14H,1-2H3. The highest BCUT2D eigenvalue weighted by atomic mass is 19.2. The molecule has 0 saturated heterocycles. The van der Waals surface area contributed by atoms with Crippen molar-refractivity contribution in [3.8, 4) is 0 Å². The minimum atomic E-state index is -1.13. The predicted octanol–water partition coefficient (Wildman–Crippen LogP) is 4.69. The van der Waals surface area contributed by atoms with Crippen LogP contribution in [-0.2, 0) is 9.59 Å². The zero-order chi connectivity index (χ0) is 21.4. The lowest BCUT2D eigenvalue weighted by Gasteiger charge is -2.21. The minimum Gasteiger partial charge on any atom is -0.339 e. The quantitative estimate of drug-likeness (QED) is 0.592. The first-order chi connectivity index (χ1) is 14.4. The van der Waals surface area contributed by atoms with E-state index < -0.39 is 23.4 Å². The van der Waals surface area contributed by atoms with Gasteiger partial charge in [0.2, 0.25) is 0 Å². The van der Waals surface area contributed by atoms with E-state index in [2.05, 4.69) is 0 Å². The van der Waals surface area contributed by atoms with Gasteiger partial charge in [-0.1, -0.05) is 48.0 Å². The summed E-state index contributed by atoms with van der Waals surface area (Å²) in [5.74, 6) is -3.37. The lowest BCUT2D eigenvalue weighted by molar-refractivity contribution is -0.120. The van der Waals surface area contributed by atoms with E-state index >= 15 is 0 Å². The van der Waals surface area contributed by atoms with E-state index in [0.29, 0.717) is 11.3 Å². The molecule has 6 heteroatoms. The van der Waals surface area contributed by atoms with Crippen LogP contribution in [0.5, 0.6) is 0 Å². The Morgan fingerprint density at radius 3 is 2.10 bits per heavy atom. The van der Waals surface area contributed by atoms with Crippen molar-refractivity contribution >= 4 is 28.8 Å². The van der Waals surface area contributed by atoms with Crippen LogP contribution in [-0.4, -0.2) is 18.9 Å². The highest BCUT2D eigenvalue weighted by Gasteiger charge is 2.42. The van der Waals surface area contributed by atoms with E-state index in [1.807, 2.05) is 49.4 Å². The number of nitrogens with zero attached hydrogens (tertiary/aromatic N) is 2. The van der Waals surface area contributed by atoms with E-state index in [9.17, 15) is 18.4 Å². The molecule has 30 heavy (non-hydrogen) atoms. The number of benzene rings is 3. The number of para-hydroxylation sites is 1. The van der Waals surface area contributed by atoms with E-state index in [0.717, 1.165) is 22.6 Å². The fraction of sp³-hybridized carbons (Fsp3) is 0.0833. The average molecular weight is 404 g/mol. The third-order valence-corrected chi connectivity index (χ3v) is 5.04. The van der Waals surface area contributed by atoms with Gasteiger partial charge in [0.25, 0.3) is 11.8 Å². The van der Waals surface area contributed by atoms with Crippen molar-refractivity contribution in [3.63, 3.8) is 0 Å². The molecule has 0 unspecified atom stereocenters. The van der Waals surface area contributed by atoms with Gasteiger partial charge in [-0.3, -0.25) is 9.59 Å². The molecule has 1 heterocycles. The van der Waals surface area contributed by atoms with Crippen molar-refractivity contribution < 1.29 is 18.4 Å². The number of anilines is 2. The monoisotopic (exact) mass is 404 g/mol. The van der Waals surface area contributed by atoms with Crippen LogP contribution in [0.1, 0.15) is 11.1 Å². The van der Waals surface area contributed by atoms with Crippen molar-refractivity contribution in [2.45, 2.75) is 6.92 Å². The summed E-state index contributed by atoms with van der Waals surface area (Å²) < 4.78 is 27.2. The van der Waals surface area contributed by atoms with Crippen molar-refractivity contribution in [3.05, 3.63) is 101 Å². The Hall–Kier alpha value is -3.80. The number of hydrogen-bond donors (Lipinski definition) is 0. The average Bonchev–Trinajstić information content (AvgIpc) is 3.01. The van der Waals surface area contributed by atoms with Gasteiger partial charge in [-0.25, -0.2) is 13.7 Å². The molecule has 0 N–H and O–H groups in total. The van der Waals surface area contributed by atoms with Crippen LogP contribution in [0.25, 0.3) is 5.57 Å². The van der Waals surface area contributed by atoms with E-state index in [1.165, 1.54) is 6.07 Å². The molecule has 3 aromatic rings. The first-order valence-corrected chi connectivity index (χ1v) is 9.32. The number of aryl methyl sites for hydroxylation is 1. The Bertz CT molecular complexity index is 1170. The number of likely N-dealkylation sites (N-methyl/N-ethyl adjacent to an activating group) is 1. The van der Waals surface area contributed by atoms with Gasteiger partial charge in [-0.05, 0) is 36.8 Å². The number of imide groups is 1. The molecule has 0 radical (unpaired) electrons. The van der Waals surface area contributed by atoms with Gasteiger partial charge in [-0.15, -0.1) is 0 Å². The van der Waals surface area contributed by atoms with Crippen molar-refractivity contribution in [2.75, 3.05) is 16.8 Å². The molecule has 1 aliphatic rings. The summed E-state index contributed by atoms with van der Waals surface area (Å²) in [4.78, 5) is 29.2. The zero-order valence-electron chi connectivity index (χ0n) is 16.4. The molecule has 4 rings (SSSR count).